The molecule has 0 aliphatic carbocycles. The predicted octanol–water partition coefficient (Wildman–Crippen LogP) is -1.75. The number of nitrogens with zero attached hydrogens (tertiary/aromatic N) is 4. The van der Waals surface area contributed by atoms with Gasteiger partial charge < -0.3 is 35.2 Å². The van der Waals surface area contributed by atoms with Crippen molar-refractivity contribution >= 4 is 32.6 Å². The summed E-state index contributed by atoms with van der Waals surface area (Å²) in [7, 11) is -9.98. The van der Waals surface area contributed by atoms with E-state index in [2.05, 4.69) is 24.0 Å². The fourth-order valence-corrected chi connectivity index (χ4v) is 3.52. The van der Waals surface area contributed by atoms with Crippen molar-refractivity contribution in [1.82, 2.24) is 19.5 Å². The molecular weight excluding hydrogens is 412 g/mol. The molecule has 150 valence electrons. The predicted molar refractivity (Wildman–Crippen MR) is 84.6 cm³/mol. The van der Waals surface area contributed by atoms with Crippen LogP contribution in [0.5, 0.6) is 0 Å². The van der Waals surface area contributed by atoms with Gasteiger partial charge in [0, 0.05) is 0 Å². The molecule has 17 heteroatoms. The van der Waals surface area contributed by atoms with Crippen LogP contribution in [0.25, 0.3) is 11.2 Å². The summed E-state index contributed by atoms with van der Waals surface area (Å²) in [5.41, 5.74) is 6.01. The van der Waals surface area contributed by atoms with Crippen LogP contribution in [-0.2, 0) is 22.9 Å². The minimum atomic E-state index is -5.07. The number of nitrogen functional groups attached to an aromatic ring is 1. The number of fused-ring (bicyclic) bond motifs is 1. The number of phosphoric acid groups is 2. The third-order valence-corrected chi connectivity index (χ3v) is 4.64. The second-order valence-corrected chi connectivity index (χ2v) is 7.92. The normalized spacial score (nSPS) is 26.7. The summed E-state index contributed by atoms with van der Waals surface area (Å²) in [4.78, 5) is 47.4. The van der Waals surface area contributed by atoms with Crippen LogP contribution in [-0.4, -0.2) is 69.1 Å². The van der Waals surface area contributed by atoms with Crippen molar-refractivity contribution < 1.29 is 47.6 Å². The van der Waals surface area contributed by atoms with Crippen LogP contribution in [0.3, 0.4) is 0 Å². The van der Waals surface area contributed by atoms with E-state index in [1.165, 1.54) is 10.9 Å². The molecule has 2 aromatic heterocycles. The lowest BCUT2D eigenvalue weighted by Gasteiger charge is -2.20. The van der Waals surface area contributed by atoms with Crippen LogP contribution in [0.2, 0.25) is 0 Å². The third kappa shape index (κ3) is 4.50. The number of phosphoric ester groups is 2. The molecule has 4 atom stereocenters. The Hall–Kier alpha value is -1.51. The van der Waals surface area contributed by atoms with E-state index in [-0.39, 0.29) is 17.0 Å². The summed E-state index contributed by atoms with van der Waals surface area (Å²) in [6, 6.07) is 0. The van der Waals surface area contributed by atoms with Crippen LogP contribution in [0, 0.1) is 0 Å². The number of rotatable bonds is 6. The van der Waals surface area contributed by atoms with E-state index >= 15 is 0 Å². The van der Waals surface area contributed by atoms with E-state index in [1.807, 2.05) is 0 Å². The van der Waals surface area contributed by atoms with Gasteiger partial charge in [-0.1, -0.05) is 0 Å². The summed E-state index contributed by atoms with van der Waals surface area (Å²) in [6.45, 7) is -0.813. The van der Waals surface area contributed by atoms with Crippen LogP contribution in [0.15, 0.2) is 12.7 Å². The largest absolute Gasteiger partial charge is 0.470 e. The Kier molecular flexibility index (Phi) is 5.35. The zero-order valence-corrected chi connectivity index (χ0v) is 15.0. The van der Waals surface area contributed by atoms with Gasteiger partial charge in [-0.25, -0.2) is 24.1 Å². The van der Waals surface area contributed by atoms with E-state index in [1.54, 1.807) is 0 Å². The molecule has 0 radical (unpaired) electrons. The van der Waals surface area contributed by atoms with Gasteiger partial charge in [-0.3, -0.25) is 13.6 Å². The van der Waals surface area contributed by atoms with Crippen LogP contribution in [0.1, 0.15) is 6.23 Å². The number of hydrogen-bond acceptors (Lipinski definition) is 10. The van der Waals surface area contributed by atoms with Gasteiger partial charge in [-0.15, -0.1) is 0 Å². The van der Waals surface area contributed by atoms with Crippen molar-refractivity contribution in [3.8, 4) is 0 Å². The van der Waals surface area contributed by atoms with Gasteiger partial charge in [0.1, 0.15) is 30.2 Å². The Balaban J connectivity index is 1.93. The number of aliphatic hydroxyl groups is 1. The smallest absolute Gasteiger partial charge is 0.386 e. The number of nitrogens with two attached hydrogens (primary N) is 1. The second kappa shape index (κ2) is 7.14. The molecule has 15 nitrogen and oxygen atoms in total. The standard InChI is InChI=1S/C10H15N5O10P2/c11-8-5-9(13-2-12-8)15(3-14-5)10-6(16)7(25-27(20,21)22)4(24-10)1-23-26(17,18)19/h2-4,6-7,10,16H,1H2,(H2,11,12,13)(H2,17,18,19)(H2,20,21,22)/t4-,6?,7?,10-/m1/s1. The minimum absolute atomic E-state index is 0.0515. The van der Waals surface area contributed by atoms with Crippen molar-refractivity contribution in [2.75, 3.05) is 12.3 Å². The Labute approximate surface area is 150 Å². The average molecular weight is 427 g/mol. The number of anilines is 1. The molecule has 2 unspecified atom stereocenters. The number of ether oxygens (including phenoxy) is 1. The van der Waals surface area contributed by atoms with Gasteiger partial charge in [0.15, 0.2) is 17.7 Å². The van der Waals surface area contributed by atoms with Crippen LogP contribution in [0.4, 0.5) is 5.82 Å². The molecule has 3 heterocycles. The lowest BCUT2D eigenvalue weighted by Crippen LogP contribution is -2.35. The third-order valence-electron chi connectivity index (χ3n) is 3.64. The molecule has 0 spiro atoms. The van der Waals surface area contributed by atoms with Crippen LogP contribution < -0.4 is 5.73 Å². The second-order valence-electron chi connectivity index (χ2n) is 5.49. The zero-order valence-electron chi connectivity index (χ0n) is 13.2. The van der Waals surface area contributed by atoms with Crippen molar-refractivity contribution in [2.24, 2.45) is 0 Å². The molecule has 0 bridgehead atoms. The Morgan fingerprint density at radius 1 is 1.19 bits per heavy atom. The van der Waals surface area contributed by atoms with Crippen molar-refractivity contribution in [3.05, 3.63) is 12.7 Å². The van der Waals surface area contributed by atoms with Gasteiger partial charge in [-0.05, 0) is 0 Å². The number of aromatic nitrogens is 4. The lowest BCUT2D eigenvalue weighted by molar-refractivity contribution is -0.0502. The monoisotopic (exact) mass is 427 g/mol. The maximum atomic E-state index is 11.2. The molecule has 0 amide bonds. The highest BCUT2D eigenvalue weighted by molar-refractivity contribution is 7.46. The van der Waals surface area contributed by atoms with Gasteiger partial charge in [0.2, 0.25) is 0 Å². The van der Waals surface area contributed by atoms with Gasteiger partial charge in [0.25, 0.3) is 0 Å². The van der Waals surface area contributed by atoms with Crippen molar-refractivity contribution in [2.45, 2.75) is 24.5 Å². The zero-order chi connectivity index (χ0) is 20.0. The van der Waals surface area contributed by atoms with Crippen molar-refractivity contribution in [1.29, 1.82) is 0 Å². The lowest BCUT2D eigenvalue weighted by atomic mass is 10.1. The average Bonchev–Trinajstić information content (AvgIpc) is 3.07. The minimum Gasteiger partial charge on any atom is -0.386 e. The molecular formula is C10H15N5O10P2. The van der Waals surface area contributed by atoms with Crippen LogP contribution >= 0.6 is 15.6 Å². The first-order chi connectivity index (χ1) is 12.5. The highest BCUT2D eigenvalue weighted by Crippen LogP contribution is 2.45. The molecule has 7 N–H and O–H groups in total. The molecule has 1 fully saturated rings. The Morgan fingerprint density at radius 2 is 1.89 bits per heavy atom. The number of hydrogen-bond donors (Lipinski definition) is 6. The van der Waals surface area contributed by atoms with Gasteiger partial charge in [-0.2, -0.15) is 0 Å². The quantitative estimate of drug-likeness (QED) is 0.281. The summed E-state index contributed by atoms with van der Waals surface area (Å²) in [6.07, 6.45) is -3.75. The van der Waals surface area contributed by atoms with E-state index in [4.69, 9.17) is 30.0 Å². The Bertz CT molecular complexity index is 926. The van der Waals surface area contributed by atoms with E-state index in [0.717, 1.165) is 6.33 Å². The van der Waals surface area contributed by atoms with E-state index in [0.29, 0.717) is 0 Å². The molecule has 0 saturated carbocycles. The molecule has 1 aliphatic heterocycles. The molecule has 0 aromatic carbocycles. The van der Waals surface area contributed by atoms with Gasteiger partial charge in [0.05, 0.1) is 12.9 Å². The molecule has 1 aliphatic rings. The summed E-state index contributed by atoms with van der Waals surface area (Å²) < 4.78 is 37.6. The fraction of sp³-hybridized carbons (Fsp3) is 0.500. The molecule has 3 rings (SSSR count). The SMILES string of the molecule is Nc1ncnc2c1ncn2[C@@H]1O[C@H](COP(=O)(O)O)C(OP(=O)(O)O)C1O. The molecule has 27 heavy (non-hydrogen) atoms. The number of aliphatic hydroxyl groups excluding tert-OH is 1. The van der Waals surface area contributed by atoms with Gasteiger partial charge >= 0.3 is 15.6 Å². The maximum Gasteiger partial charge on any atom is 0.470 e. The highest BCUT2D eigenvalue weighted by Gasteiger charge is 2.49. The summed E-state index contributed by atoms with van der Waals surface area (Å²) in [5, 5.41) is 10.4. The van der Waals surface area contributed by atoms with E-state index in [9.17, 15) is 14.2 Å². The van der Waals surface area contributed by atoms with Crippen molar-refractivity contribution in [3.63, 3.8) is 0 Å². The highest BCUT2D eigenvalue weighted by atomic mass is 31.2. The Morgan fingerprint density at radius 3 is 2.52 bits per heavy atom. The summed E-state index contributed by atoms with van der Waals surface area (Å²) in [5.74, 6) is 0.0515. The molecule has 1 saturated heterocycles. The maximum absolute atomic E-state index is 11.2. The first kappa shape index (κ1) is 20.2. The number of imidazole rings is 1. The first-order valence-corrected chi connectivity index (χ1v) is 10.2. The topological polar surface area (TPSA) is 233 Å². The van der Waals surface area contributed by atoms with E-state index < -0.39 is 46.8 Å². The molecule has 2 aromatic rings. The fourth-order valence-electron chi connectivity index (χ4n) is 2.60. The first-order valence-electron chi connectivity index (χ1n) is 7.17. The summed E-state index contributed by atoms with van der Waals surface area (Å²) >= 11 is 0.